The Morgan fingerprint density at radius 2 is 0.510 bits per heavy atom. The number of pyridine rings is 6. The minimum absolute atomic E-state index is 0.209. The van der Waals surface area contributed by atoms with Gasteiger partial charge in [0.2, 0.25) is 0 Å². The summed E-state index contributed by atoms with van der Waals surface area (Å²) in [5, 5.41) is 11.7. The lowest BCUT2D eigenvalue weighted by Crippen LogP contribution is -2.14. The van der Waals surface area contributed by atoms with E-state index < -0.39 is 0 Å². The molecule has 0 unspecified atom stereocenters. The van der Waals surface area contributed by atoms with Crippen LogP contribution in [0.2, 0.25) is 0 Å². The Bertz CT molecular complexity index is 5630. The Balaban J connectivity index is 0.758. The van der Waals surface area contributed by atoms with Crippen LogP contribution in [-0.2, 0) is 19.8 Å². The van der Waals surface area contributed by atoms with Crippen LogP contribution in [0.5, 0.6) is 17.2 Å². The van der Waals surface area contributed by atoms with E-state index in [-0.39, 0.29) is 19.8 Å². The van der Waals surface area contributed by atoms with Crippen molar-refractivity contribution < 1.29 is 14.2 Å². The van der Waals surface area contributed by atoms with Gasteiger partial charge in [0.1, 0.15) is 54.5 Å². The molecule has 9 heterocycles. The molecule has 3 N–H and O–H groups in total. The SMILES string of the molecule is Cc1c(COc2ccc3ccccc3c2-c2nc3c4cccnc4c4ncccc4c3[nH]2)c(C)c(COc2ccc3ccccc3c2-c2nc3c4cccnc4c4ncccc4c3[nH]2)c(C)c1COc1ccc2ccccc2c1-c1nc2c3cccnc3c3ncccc3c2[nH]1. The predicted octanol–water partition coefficient (Wildman–Crippen LogP) is 18.7. The lowest BCUT2D eigenvalue weighted by atomic mass is 9.89. The number of aromatic nitrogens is 12. The standard InChI is InChI=1S/C81H54N12O3/c1-43-58(40-94-61-31-28-46-16-4-7-19-49(46)64(61)79-88-73-52-22-10-34-82-67(52)68-53(74(73)89-79)23-11-35-83-68)44(2)60(42-96-63-33-30-48-18-6-9-21-51(48)66(63)81-92-77-56-26-14-38-86-71(56)72-57(78(77)93-81)27-15-39-87-72)45(3)59(43)41-95-62-32-29-47-17-5-8-20-50(47)65(62)80-90-75-54-24-12-36-84-69(54)70-55(76(75)91-80)25-13-37-85-70/h4-39H,40-42H2,1-3H3,(H,88,89)(H,90,91)(H,92,93). The van der Waals surface area contributed by atoms with Crippen molar-refractivity contribution in [2.45, 2.75) is 40.6 Å². The topological polar surface area (TPSA) is 191 Å². The van der Waals surface area contributed by atoms with Crippen LogP contribution in [0.4, 0.5) is 0 Å². The highest BCUT2D eigenvalue weighted by molar-refractivity contribution is 6.24. The fourth-order valence-corrected chi connectivity index (χ4v) is 14.7. The highest BCUT2D eigenvalue weighted by Gasteiger charge is 2.27. The van der Waals surface area contributed by atoms with Gasteiger partial charge in [0, 0.05) is 69.5 Å². The van der Waals surface area contributed by atoms with E-state index >= 15 is 0 Å². The van der Waals surface area contributed by atoms with Crippen LogP contribution in [0.25, 0.3) is 165 Å². The van der Waals surface area contributed by atoms with Crippen LogP contribution in [-0.4, -0.2) is 59.8 Å². The molecule has 0 aliphatic heterocycles. The van der Waals surface area contributed by atoms with Crippen LogP contribution in [0.3, 0.4) is 0 Å². The first kappa shape index (κ1) is 54.9. The molecule has 0 radical (unpaired) electrons. The van der Waals surface area contributed by atoms with E-state index in [1.54, 1.807) is 18.6 Å². The van der Waals surface area contributed by atoms with Gasteiger partial charge in [0.25, 0.3) is 0 Å². The molecular formula is C81H54N12O3. The second-order valence-corrected chi connectivity index (χ2v) is 24.5. The summed E-state index contributed by atoms with van der Waals surface area (Å²) in [7, 11) is 0. The van der Waals surface area contributed by atoms with Gasteiger partial charge in [-0.2, -0.15) is 0 Å². The van der Waals surface area contributed by atoms with Crippen molar-refractivity contribution in [2.24, 2.45) is 0 Å². The largest absolute Gasteiger partial charge is 0.488 e. The number of fused-ring (bicyclic) bond motifs is 21. The zero-order chi connectivity index (χ0) is 63.7. The zero-order valence-electron chi connectivity index (χ0n) is 52.2. The van der Waals surface area contributed by atoms with Gasteiger partial charge in [-0.05, 0) is 177 Å². The van der Waals surface area contributed by atoms with Crippen molar-refractivity contribution in [3.8, 4) is 51.4 Å². The second kappa shape index (κ2) is 21.7. The van der Waals surface area contributed by atoms with Crippen LogP contribution >= 0.6 is 0 Å². The number of rotatable bonds is 12. The summed E-state index contributed by atoms with van der Waals surface area (Å²) in [6, 6.07) is 61.8. The molecule has 456 valence electrons. The highest BCUT2D eigenvalue weighted by Crippen LogP contribution is 2.45. The summed E-state index contributed by atoms with van der Waals surface area (Å²) in [6.07, 6.45) is 10.9. The molecule has 0 aliphatic carbocycles. The number of aromatic amines is 3. The Morgan fingerprint density at radius 1 is 0.260 bits per heavy atom. The smallest absolute Gasteiger partial charge is 0.142 e. The fraction of sp³-hybridized carbons (Fsp3) is 0.0741. The maximum Gasteiger partial charge on any atom is 0.142 e. The number of ether oxygens (including phenoxy) is 3. The first-order valence-electron chi connectivity index (χ1n) is 32.0. The number of hydrogen-bond donors (Lipinski definition) is 3. The van der Waals surface area contributed by atoms with Gasteiger partial charge in [0.05, 0.1) is 82.9 Å². The summed E-state index contributed by atoms with van der Waals surface area (Å²) in [6.45, 7) is 7.17. The van der Waals surface area contributed by atoms with Crippen molar-refractivity contribution in [3.63, 3.8) is 0 Å². The molecule has 19 aromatic rings. The summed E-state index contributed by atoms with van der Waals surface area (Å²) in [5.74, 6) is 4.04. The molecule has 0 aliphatic rings. The summed E-state index contributed by atoms with van der Waals surface area (Å²) >= 11 is 0. The lowest BCUT2D eigenvalue weighted by molar-refractivity contribution is 0.291. The van der Waals surface area contributed by atoms with E-state index in [4.69, 9.17) is 59.1 Å². The number of hydrogen-bond acceptors (Lipinski definition) is 12. The van der Waals surface area contributed by atoms with E-state index in [0.29, 0.717) is 34.7 Å². The maximum absolute atomic E-state index is 7.31. The van der Waals surface area contributed by atoms with Gasteiger partial charge in [-0.25, -0.2) is 15.0 Å². The molecule has 0 spiro atoms. The molecule has 19 rings (SSSR count). The van der Waals surface area contributed by atoms with Crippen LogP contribution in [0.1, 0.15) is 33.4 Å². The van der Waals surface area contributed by atoms with Crippen LogP contribution in [0.15, 0.2) is 219 Å². The molecule has 9 aromatic heterocycles. The monoisotopic (exact) mass is 1240 g/mol. The van der Waals surface area contributed by atoms with Gasteiger partial charge in [0.15, 0.2) is 0 Å². The van der Waals surface area contributed by atoms with E-state index in [1.165, 1.54) is 0 Å². The van der Waals surface area contributed by atoms with Crippen molar-refractivity contribution in [1.82, 2.24) is 59.8 Å². The Hall–Kier alpha value is -12.8. The summed E-state index contributed by atoms with van der Waals surface area (Å²) in [5.41, 5.74) is 18.6. The van der Waals surface area contributed by atoms with E-state index in [2.05, 4.69) is 181 Å². The first-order valence-corrected chi connectivity index (χ1v) is 32.0. The first-order chi connectivity index (χ1) is 47.4. The third kappa shape index (κ3) is 8.49. The molecule has 0 atom stereocenters. The summed E-state index contributed by atoms with van der Waals surface area (Å²) in [4.78, 5) is 56.4. The normalized spacial score (nSPS) is 12.0. The van der Waals surface area contributed by atoms with Crippen molar-refractivity contribution in [1.29, 1.82) is 0 Å². The predicted molar refractivity (Wildman–Crippen MR) is 383 cm³/mol. The molecule has 0 amide bonds. The molecule has 15 heteroatoms. The summed E-state index contributed by atoms with van der Waals surface area (Å²) < 4.78 is 21.9. The number of benzene rings is 10. The lowest BCUT2D eigenvalue weighted by Gasteiger charge is -2.24. The molecule has 0 bridgehead atoms. The second-order valence-electron chi connectivity index (χ2n) is 24.5. The third-order valence-electron chi connectivity index (χ3n) is 19.4. The average molecular weight is 1240 g/mol. The van der Waals surface area contributed by atoms with Gasteiger partial charge in [-0.1, -0.05) is 91.0 Å². The molecule has 15 nitrogen and oxygen atoms in total. The van der Waals surface area contributed by atoms with Crippen molar-refractivity contribution in [2.75, 3.05) is 0 Å². The van der Waals surface area contributed by atoms with E-state index in [1.807, 2.05) is 55.0 Å². The molecular weight excluding hydrogens is 1190 g/mol. The molecule has 0 fully saturated rings. The Morgan fingerprint density at radius 3 is 0.802 bits per heavy atom. The van der Waals surface area contributed by atoms with Crippen molar-refractivity contribution in [3.05, 3.63) is 253 Å². The molecule has 96 heavy (non-hydrogen) atoms. The molecule has 10 aromatic carbocycles. The third-order valence-corrected chi connectivity index (χ3v) is 19.4. The van der Waals surface area contributed by atoms with Gasteiger partial charge >= 0.3 is 0 Å². The minimum atomic E-state index is 0.209. The average Bonchev–Trinajstić information content (AvgIpc) is 1.58. The number of H-pyrrole nitrogens is 3. The number of nitrogens with zero attached hydrogens (tertiary/aromatic N) is 9. The Labute approximate surface area is 546 Å². The minimum Gasteiger partial charge on any atom is -0.488 e. The molecule has 0 saturated heterocycles. The highest BCUT2D eigenvalue weighted by atomic mass is 16.5. The number of nitrogens with one attached hydrogen (secondary N) is 3. The zero-order valence-corrected chi connectivity index (χ0v) is 52.2. The van der Waals surface area contributed by atoms with E-state index in [9.17, 15) is 0 Å². The van der Waals surface area contributed by atoms with Gasteiger partial charge in [-0.15, -0.1) is 0 Å². The van der Waals surface area contributed by atoms with Gasteiger partial charge < -0.3 is 29.2 Å². The van der Waals surface area contributed by atoms with E-state index in [0.717, 1.165) is 181 Å². The Kier molecular flexibility index (Phi) is 12.4. The van der Waals surface area contributed by atoms with Crippen LogP contribution in [0, 0.1) is 20.8 Å². The quantitative estimate of drug-likeness (QED) is 0.0983. The fourth-order valence-electron chi connectivity index (χ4n) is 14.7. The van der Waals surface area contributed by atoms with Gasteiger partial charge in [-0.3, -0.25) is 29.9 Å². The maximum atomic E-state index is 7.31. The van der Waals surface area contributed by atoms with Crippen LogP contribution < -0.4 is 14.2 Å². The van der Waals surface area contributed by atoms with Crippen molar-refractivity contribution >= 4 is 131 Å². The number of imidazole rings is 3. The molecule has 0 saturated carbocycles.